The van der Waals surface area contributed by atoms with Gasteiger partial charge in [-0.1, -0.05) is 24.3 Å². The highest BCUT2D eigenvalue weighted by molar-refractivity contribution is 5.83. The number of aryl methyl sites for hydroxylation is 1. The van der Waals surface area contributed by atoms with E-state index in [0.29, 0.717) is 25.8 Å². The molecule has 1 aliphatic heterocycles. The summed E-state index contributed by atoms with van der Waals surface area (Å²) in [5, 5.41) is 43.2. The van der Waals surface area contributed by atoms with E-state index in [-0.39, 0.29) is 29.4 Å². The zero-order chi connectivity index (χ0) is 26.7. The Morgan fingerprint density at radius 1 is 1.22 bits per heavy atom. The van der Waals surface area contributed by atoms with Crippen molar-refractivity contribution in [3.63, 3.8) is 0 Å². The van der Waals surface area contributed by atoms with E-state index in [0.717, 1.165) is 16.0 Å². The van der Waals surface area contributed by atoms with Gasteiger partial charge in [-0.2, -0.15) is 9.97 Å². The summed E-state index contributed by atoms with van der Waals surface area (Å²) in [6.07, 6.45) is -3.91. The van der Waals surface area contributed by atoms with Crippen LogP contribution in [-0.4, -0.2) is 95.4 Å². The molecule has 1 aliphatic rings. The number of aliphatic hydroxyl groups excluding tert-OH is 3. The zero-order valence-electron chi connectivity index (χ0n) is 20.0. The number of likely N-dealkylation sites (N-methyl/N-ethyl adjacent to an activating group) is 1. The molecule has 14 nitrogen and oxygen atoms in total. The fourth-order valence-corrected chi connectivity index (χ4v) is 4.10. The molecule has 0 spiro atoms. The van der Waals surface area contributed by atoms with E-state index in [1.807, 2.05) is 24.3 Å². The van der Waals surface area contributed by atoms with E-state index in [9.17, 15) is 24.9 Å². The number of ether oxygens (including phenoxy) is 1. The maximum Gasteiger partial charge on any atom is 0.303 e. The number of carboxylic acid groups (broad SMARTS) is 1. The molecule has 1 amide bonds. The minimum atomic E-state index is -1.48. The predicted molar refractivity (Wildman–Crippen MR) is 130 cm³/mol. The van der Waals surface area contributed by atoms with E-state index in [2.05, 4.69) is 20.3 Å². The fraction of sp³-hybridized carbons (Fsp3) is 0.435. The summed E-state index contributed by atoms with van der Waals surface area (Å²) < 4.78 is 7.09. The fourth-order valence-electron chi connectivity index (χ4n) is 4.10. The quantitative estimate of drug-likeness (QED) is 0.136. The molecule has 3 aromatic rings. The van der Waals surface area contributed by atoms with Gasteiger partial charge >= 0.3 is 5.97 Å². The average Bonchev–Trinajstić information content (AvgIpc) is 3.43. The topological polar surface area (TPSA) is 209 Å². The molecule has 14 heteroatoms. The number of amides is 1. The number of aliphatic carboxylic acids is 1. The van der Waals surface area contributed by atoms with Gasteiger partial charge in [-0.3, -0.25) is 14.2 Å². The molecule has 37 heavy (non-hydrogen) atoms. The molecular weight excluding hydrogens is 486 g/mol. The summed E-state index contributed by atoms with van der Waals surface area (Å²) in [6.45, 7) is 0.473. The van der Waals surface area contributed by atoms with Crippen molar-refractivity contribution in [2.75, 3.05) is 24.6 Å². The number of aliphatic hydroxyl groups is 3. The molecule has 1 saturated heterocycles. The first-order valence-electron chi connectivity index (χ1n) is 11.6. The maximum absolute atomic E-state index is 11.0. The van der Waals surface area contributed by atoms with Gasteiger partial charge in [0.05, 0.1) is 6.33 Å². The van der Waals surface area contributed by atoms with Crippen LogP contribution in [0.1, 0.15) is 23.8 Å². The molecule has 1 unspecified atom stereocenters. The Hall–Kier alpha value is -3.85. The van der Waals surface area contributed by atoms with E-state index in [1.165, 1.54) is 17.9 Å². The first kappa shape index (κ1) is 26.2. The second-order valence-corrected chi connectivity index (χ2v) is 8.80. The van der Waals surface area contributed by atoms with Crippen LogP contribution in [0.5, 0.6) is 0 Å². The normalized spacial score (nSPS) is 22.2. The van der Waals surface area contributed by atoms with Gasteiger partial charge < -0.3 is 41.1 Å². The lowest BCUT2D eigenvalue weighted by atomic mass is 10.1. The highest BCUT2D eigenvalue weighted by Gasteiger charge is 2.48. The molecule has 1 fully saturated rings. The number of nitrogen functional groups attached to an aromatic ring is 1. The Morgan fingerprint density at radius 3 is 2.54 bits per heavy atom. The van der Waals surface area contributed by atoms with Crippen molar-refractivity contribution in [2.24, 2.45) is 0 Å². The summed E-state index contributed by atoms with van der Waals surface area (Å²) in [6, 6.07) is 7.66. The second kappa shape index (κ2) is 11.0. The van der Waals surface area contributed by atoms with Gasteiger partial charge in [-0.05, 0) is 24.0 Å². The van der Waals surface area contributed by atoms with Crippen LogP contribution < -0.4 is 11.1 Å². The average molecular weight is 516 g/mol. The van der Waals surface area contributed by atoms with Gasteiger partial charge in [0.15, 0.2) is 23.9 Å². The minimum absolute atomic E-state index is 0.0810. The third kappa shape index (κ3) is 5.61. The number of carboxylic acids is 1. The molecule has 1 aromatic carbocycles. The number of carbonyl (C=O) groups is 2. The first-order valence-corrected chi connectivity index (χ1v) is 11.6. The predicted octanol–water partition coefficient (Wildman–Crippen LogP) is -0.894. The molecule has 198 valence electrons. The second-order valence-electron chi connectivity index (χ2n) is 8.80. The number of nitrogens with zero attached hydrogens (tertiary/aromatic N) is 5. The number of hydrogen-bond acceptors (Lipinski definition) is 11. The lowest BCUT2D eigenvalue weighted by Gasteiger charge is -2.26. The van der Waals surface area contributed by atoms with Crippen molar-refractivity contribution in [3.05, 3.63) is 41.7 Å². The molecule has 0 bridgehead atoms. The number of rotatable bonds is 11. The number of anilines is 2. The largest absolute Gasteiger partial charge is 0.481 e. The molecule has 0 saturated carbocycles. The van der Waals surface area contributed by atoms with E-state index in [1.54, 1.807) is 0 Å². The van der Waals surface area contributed by atoms with Gasteiger partial charge in [-0.25, -0.2) is 4.98 Å². The number of nitrogens with one attached hydrogen (secondary N) is 1. The monoisotopic (exact) mass is 515 g/mol. The molecule has 3 heterocycles. The molecule has 0 aliphatic carbocycles. The van der Waals surface area contributed by atoms with Crippen molar-refractivity contribution in [2.45, 2.75) is 50.0 Å². The Kier molecular flexibility index (Phi) is 7.83. The Morgan fingerprint density at radius 2 is 1.89 bits per heavy atom. The molecule has 7 N–H and O–H groups in total. The van der Waals surface area contributed by atoms with Crippen LogP contribution in [0.25, 0.3) is 11.2 Å². The van der Waals surface area contributed by atoms with E-state index < -0.39 is 36.7 Å². The summed E-state index contributed by atoms with van der Waals surface area (Å²) >= 11 is 0. The summed E-state index contributed by atoms with van der Waals surface area (Å²) in [5.41, 5.74) is 8.56. The van der Waals surface area contributed by atoms with Gasteiger partial charge in [0, 0.05) is 20.0 Å². The van der Waals surface area contributed by atoms with Crippen molar-refractivity contribution >= 4 is 35.3 Å². The standard InChI is InChI=1S/C23H29N7O7/c1-29(11-31)21(36)18-16(34)17(35)22(37-18)30-10-26-15-19(24)27-23(28-20(15)30)25-9-8-13-4-2-12(3-5-13)6-7-14(32)33/h2-5,10-11,16-18,21-22,34-36H,6-9H2,1H3,(H,32,33)(H3,24,25,27,28)/t16-,17+,18-,21?,22+/m0/s1. The zero-order valence-corrected chi connectivity index (χ0v) is 20.0. The van der Waals surface area contributed by atoms with Crippen molar-refractivity contribution in [1.82, 2.24) is 24.4 Å². The summed E-state index contributed by atoms with van der Waals surface area (Å²) in [5.74, 6) is -0.520. The lowest BCUT2D eigenvalue weighted by molar-refractivity contribution is -0.149. The minimum Gasteiger partial charge on any atom is -0.481 e. The summed E-state index contributed by atoms with van der Waals surface area (Å²) in [4.78, 5) is 35.5. The van der Waals surface area contributed by atoms with Crippen LogP contribution >= 0.6 is 0 Å². The molecular formula is C23H29N7O7. The van der Waals surface area contributed by atoms with Crippen LogP contribution in [-0.2, 0) is 27.2 Å². The van der Waals surface area contributed by atoms with Gasteiger partial charge in [-0.15, -0.1) is 0 Å². The number of aromatic nitrogens is 4. The molecule has 4 rings (SSSR count). The van der Waals surface area contributed by atoms with Crippen LogP contribution in [0.4, 0.5) is 11.8 Å². The number of fused-ring (bicyclic) bond motifs is 1. The summed E-state index contributed by atoms with van der Waals surface area (Å²) in [7, 11) is 1.32. The van der Waals surface area contributed by atoms with Gasteiger partial charge in [0.2, 0.25) is 12.4 Å². The first-order chi connectivity index (χ1) is 17.7. The van der Waals surface area contributed by atoms with Crippen molar-refractivity contribution in [1.29, 1.82) is 0 Å². The van der Waals surface area contributed by atoms with Crippen LogP contribution in [0, 0.1) is 0 Å². The number of nitrogens with two attached hydrogens (primary N) is 1. The van der Waals surface area contributed by atoms with E-state index in [4.69, 9.17) is 15.6 Å². The Bertz CT molecular complexity index is 1250. The maximum atomic E-state index is 11.0. The molecule has 5 atom stereocenters. The third-order valence-corrected chi connectivity index (χ3v) is 6.22. The van der Waals surface area contributed by atoms with Gasteiger partial charge in [0.1, 0.15) is 23.8 Å². The molecule has 2 aromatic heterocycles. The number of imidazole rings is 1. The Labute approximate surface area is 211 Å². The lowest BCUT2D eigenvalue weighted by Crippen LogP contribution is -2.46. The van der Waals surface area contributed by atoms with Crippen LogP contribution in [0.3, 0.4) is 0 Å². The molecule has 0 radical (unpaired) electrons. The number of carbonyl (C=O) groups excluding carboxylic acids is 1. The van der Waals surface area contributed by atoms with Crippen LogP contribution in [0.2, 0.25) is 0 Å². The highest BCUT2D eigenvalue weighted by atomic mass is 16.6. The Balaban J connectivity index is 1.46. The van der Waals surface area contributed by atoms with Crippen molar-refractivity contribution < 1.29 is 34.8 Å². The number of benzene rings is 1. The van der Waals surface area contributed by atoms with E-state index >= 15 is 0 Å². The smallest absolute Gasteiger partial charge is 0.303 e. The van der Waals surface area contributed by atoms with Gasteiger partial charge in [0.25, 0.3) is 0 Å². The third-order valence-electron chi connectivity index (χ3n) is 6.22. The van der Waals surface area contributed by atoms with Crippen LogP contribution in [0.15, 0.2) is 30.6 Å². The number of hydrogen-bond donors (Lipinski definition) is 6. The van der Waals surface area contributed by atoms with Crippen molar-refractivity contribution in [3.8, 4) is 0 Å². The highest BCUT2D eigenvalue weighted by Crippen LogP contribution is 2.34. The SMILES string of the molecule is CN(C=O)C(O)[C@H]1O[C@@H](n2cnc3c(N)nc(NCCc4ccc(CCC(=O)O)cc4)nc32)[C@H](O)[C@@H]1O.